The van der Waals surface area contributed by atoms with Gasteiger partial charge in [-0.2, -0.15) is 5.10 Å². The minimum absolute atomic E-state index is 0.0146. The molecule has 0 spiro atoms. The molecule has 1 fully saturated rings. The molecule has 2 heterocycles. The second-order valence-electron chi connectivity index (χ2n) is 5.26. The molecule has 2 N–H and O–H groups in total. The molecular weight excluding hydrogens is 228 g/mol. The van der Waals surface area contributed by atoms with Crippen molar-refractivity contribution in [3.8, 4) is 0 Å². The van der Waals surface area contributed by atoms with Crippen LogP contribution in [0.2, 0.25) is 0 Å². The van der Waals surface area contributed by atoms with Crippen LogP contribution < -0.4 is 10.6 Å². The second kappa shape index (κ2) is 5.52. The Kier molecular flexibility index (Phi) is 4.01. The van der Waals surface area contributed by atoms with Crippen molar-refractivity contribution in [1.82, 2.24) is 20.4 Å². The summed E-state index contributed by atoms with van der Waals surface area (Å²) >= 11 is 0. The van der Waals surface area contributed by atoms with Crippen molar-refractivity contribution in [3.05, 3.63) is 17.5 Å². The highest BCUT2D eigenvalue weighted by Gasteiger charge is 2.19. The van der Waals surface area contributed by atoms with Crippen LogP contribution in [0.1, 0.15) is 35.8 Å². The van der Waals surface area contributed by atoms with Crippen molar-refractivity contribution in [2.45, 2.75) is 32.7 Å². The quantitative estimate of drug-likeness (QED) is 0.836. The fourth-order valence-corrected chi connectivity index (χ4v) is 2.39. The van der Waals surface area contributed by atoms with Crippen LogP contribution in [0.25, 0.3) is 0 Å². The molecule has 1 aromatic heterocycles. The van der Waals surface area contributed by atoms with Crippen LogP contribution >= 0.6 is 0 Å². The molecule has 0 saturated carbocycles. The summed E-state index contributed by atoms with van der Waals surface area (Å²) in [5, 5.41) is 10.6. The van der Waals surface area contributed by atoms with Crippen molar-refractivity contribution < 1.29 is 4.79 Å². The minimum atomic E-state index is -0.0146. The van der Waals surface area contributed by atoms with E-state index in [-0.39, 0.29) is 5.91 Å². The average Bonchev–Trinajstić information content (AvgIpc) is 2.67. The lowest BCUT2D eigenvalue weighted by molar-refractivity contribution is 0.0943. The van der Waals surface area contributed by atoms with Gasteiger partial charge >= 0.3 is 0 Å². The van der Waals surface area contributed by atoms with Gasteiger partial charge in [-0.25, -0.2) is 0 Å². The summed E-state index contributed by atoms with van der Waals surface area (Å²) in [6.07, 6.45) is 4.14. The lowest BCUT2D eigenvalue weighted by Crippen LogP contribution is -2.42. The van der Waals surface area contributed by atoms with Gasteiger partial charge < -0.3 is 10.6 Å². The average molecular weight is 250 g/mol. The number of amides is 1. The summed E-state index contributed by atoms with van der Waals surface area (Å²) in [4.78, 5) is 12.0. The van der Waals surface area contributed by atoms with Gasteiger partial charge in [-0.3, -0.25) is 9.48 Å². The van der Waals surface area contributed by atoms with Crippen LogP contribution in [0.5, 0.6) is 0 Å². The maximum atomic E-state index is 12.0. The van der Waals surface area contributed by atoms with E-state index in [0.29, 0.717) is 17.5 Å². The molecule has 2 unspecified atom stereocenters. The molecule has 0 aromatic carbocycles. The number of piperidine rings is 1. The number of nitrogens with zero attached hydrogens (tertiary/aromatic N) is 2. The molecule has 1 saturated heterocycles. The highest BCUT2D eigenvalue weighted by atomic mass is 16.1. The number of hydrogen-bond donors (Lipinski definition) is 2. The Morgan fingerprint density at radius 3 is 2.94 bits per heavy atom. The first-order valence-corrected chi connectivity index (χ1v) is 6.58. The molecule has 0 aliphatic carbocycles. The number of hydrogen-bond acceptors (Lipinski definition) is 3. The molecule has 2 rings (SSSR count). The Bertz CT molecular complexity index is 419. The molecule has 5 nitrogen and oxygen atoms in total. The van der Waals surface area contributed by atoms with Gasteiger partial charge in [0.05, 0.1) is 11.3 Å². The van der Waals surface area contributed by atoms with Crippen LogP contribution in [-0.4, -0.2) is 34.8 Å². The number of aryl methyl sites for hydroxylation is 2. The van der Waals surface area contributed by atoms with Gasteiger partial charge in [0, 0.05) is 25.8 Å². The van der Waals surface area contributed by atoms with Gasteiger partial charge in [0.1, 0.15) is 0 Å². The van der Waals surface area contributed by atoms with Crippen molar-refractivity contribution in [1.29, 1.82) is 0 Å². The molecule has 18 heavy (non-hydrogen) atoms. The number of rotatable bonds is 3. The van der Waals surface area contributed by atoms with Crippen molar-refractivity contribution in [2.24, 2.45) is 13.0 Å². The fourth-order valence-electron chi connectivity index (χ4n) is 2.39. The fraction of sp³-hybridized carbons (Fsp3) is 0.692. The number of aromatic nitrogens is 2. The Labute approximate surface area is 108 Å². The topological polar surface area (TPSA) is 59.0 Å². The van der Waals surface area contributed by atoms with Crippen LogP contribution in [-0.2, 0) is 7.05 Å². The van der Waals surface area contributed by atoms with E-state index in [2.05, 4.69) is 22.7 Å². The number of carbonyl (C=O) groups is 1. The van der Waals surface area contributed by atoms with Crippen molar-refractivity contribution >= 4 is 5.91 Å². The van der Waals surface area contributed by atoms with Crippen LogP contribution in [0.15, 0.2) is 6.20 Å². The maximum Gasteiger partial charge on any atom is 0.254 e. The predicted molar refractivity (Wildman–Crippen MR) is 70.5 cm³/mol. The number of carbonyl (C=O) groups excluding carboxylic acids is 1. The normalized spacial score (nSPS) is 23.9. The maximum absolute atomic E-state index is 12.0. The zero-order chi connectivity index (χ0) is 13.1. The predicted octanol–water partition coefficient (Wildman–Crippen LogP) is 0.846. The summed E-state index contributed by atoms with van der Waals surface area (Å²) in [5.74, 6) is 0.529. The largest absolute Gasteiger partial charge is 0.352 e. The summed E-state index contributed by atoms with van der Waals surface area (Å²) in [6, 6.07) is 0.609. The summed E-state index contributed by atoms with van der Waals surface area (Å²) in [6.45, 7) is 5.80. The molecule has 0 radical (unpaired) electrons. The van der Waals surface area contributed by atoms with Gasteiger partial charge in [-0.05, 0) is 39.2 Å². The molecule has 1 aliphatic heterocycles. The number of nitrogens with one attached hydrogen (secondary N) is 2. The van der Waals surface area contributed by atoms with E-state index < -0.39 is 0 Å². The lowest BCUT2D eigenvalue weighted by atomic mass is 9.95. The molecule has 5 heteroatoms. The van der Waals surface area contributed by atoms with Gasteiger partial charge in [0.25, 0.3) is 5.91 Å². The Morgan fingerprint density at radius 2 is 2.39 bits per heavy atom. The molecule has 1 aliphatic rings. The van der Waals surface area contributed by atoms with Gasteiger partial charge in [-0.15, -0.1) is 0 Å². The minimum Gasteiger partial charge on any atom is -0.352 e. The van der Waals surface area contributed by atoms with E-state index in [1.54, 1.807) is 10.9 Å². The van der Waals surface area contributed by atoms with Crippen molar-refractivity contribution in [2.75, 3.05) is 13.1 Å². The van der Waals surface area contributed by atoms with Crippen LogP contribution in [0.4, 0.5) is 0 Å². The standard InChI is InChI=1S/C13H22N4O/c1-9-4-5-11(6-14-9)7-15-13(18)12-8-17(3)16-10(12)2/h8-9,11,14H,4-7H2,1-3H3,(H,15,18). The zero-order valence-corrected chi connectivity index (χ0v) is 11.4. The summed E-state index contributed by atoms with van der Waals surface area (Å²) < 4.78 is 1.67. The Balaban J connectivity index is 1.83. The highest BCUT2D eigenvalue weighted by Crippen LogP contribution is 2.13. The Morgan fingerprint density at radius 1 is 1.61 bits per heavy atom. The second-order valence-corrected chi connectivity index (χ2v) is 5.26. The smallest absolute Gasteiger partial charge is 0.254 e. The summed E-state index contributed by atoms with van der Waals surface area (Å²) in [7, 11) is 1.83. The highest BCUT2D eigenvalue weighted by molar-refractivity contribution is 5.94. The third-order valence-corrected chi connectivity index (χ3v) is 3.57. The van der Waals surface area contributed by atoms with Gasteiger partial charge in [-0.1, -0.05) is 0 Å². The third-order valence-electron chi connectivity index (χ3n) is 3.57. The van der Waals surface area contributed by atoms with E-state index in [0.717, 1.165) is 18.8 Å². The molecule has 1 aromatic rings. The van der Waals surface area contributed by atoms with Gasteiger partial charge in [0.2, 0.25) is 0 Å². The molecule has 2 atom stereocenters. The lowest BCUT2D eigenvalue weighted by Gasteiger charge is -2.27. The molecular formula is C13H22N4O. The first-order chi connectivity index (χ1) is 8.56. The Hall–Kier alpha value is -1.36. The molecule has 100 valence electrons. The first kappa shape index (κ1) is 13.1. The van der Waals surface area contributed by atoms with Crippen LogP contribution in [0.3, 0.4) is 0 Å². The van der Waals surface area contributed by atoms with E-state index in [1.165, 1.54) is 12.8 Å². The zero-order valence-electron chi connectivity index (χ0n) is 11.4. The van der Waals surface area contributed by atoms with E-state index in [9.17, 15) is 4.79 Å². The van der Waals surface area contributed by atoms with Crippen molar-refractivity contribution in [3.63, 3.8) is 0 Å². The van der Waals surface area contributed by atoms with E-state index in [4.69, 9.17) is 0 Å². The van der Waals surface area contributed by atoms with E-state index in [1.807, 2.05) is 14.0 Å². The van der Waals surface area contributed by atoms with Gasteiger partial charge in [0.15, 0.2) is 0 Å². The molecule has 1 amide bonds. The van der Waals surface area contributed by atoms with Crippen LogP contribution in [0, 0.1) is 12.8 Å². The summed E-state index contributed by atoms with van der Waals surface area (Å²) in [5.41, 5.74) is 1.46. The first-order valence-electron chi connectivity index (χ1n) is 6.58. The van der Waals surface area contributed by atoms with E-state index >= 15 is 0 Å². The third kappa shape index (κ3) is 3.10. The molecule has 0 bridgehead atoms. The SMILES string of the molecule is Cc1nn(C)cc1C(=O)NCC1CCC(C)NC1. The monoisotopic (exact) mass is 250 g/mol.